The van der Waals surface area contributed by atoms with E-state index in [4.69, 9.17) is 0 Å². The molecule has 0 spiro atoms. The number of likely N-dealkylation sites (tertiary alicyclic amines) is 1. The molecule has 3 nitrogen and oxygen atoms in total. The first kappa shape index (κ1) is 26.2. The van der Waals surface area contributed by atoms with Gasteiger partial charge in [0, 0.05) is 18.0 Å². The maximum absolute atomic E-state index is 3.88. The molecule has 5 rings (SSSR count). The van der Waals surface area contributed by atoms with E-state index in [0.717, 1.165) is 38.8 Å². The van der Waals surface area contributed by atoms with E-state index in [1.54, 1.807) is 0 Å². The Bertz CT molecular complexity index is 983. The Morgan fingerprint density at radius 3 is 1.86 bits per heavy atom. The van der Waals surface area contributed by atoms with Crippen molar-refractivity contribution in [3.8, 4) is 0 Å². The van der Waals surface area contributed by atoms with Crippen LogP contribution in [0.4, 0.5) is 0 Å². The van der Waals surface area contributed by atoms with Crippen LogP contribution in [0, 0.1) is 0 Å². The van der Waals surface area contributed by atoms with Gasteiger partial charge in [0.05, 0.1) is 6.04 Å². The highest BCUT2D eigenvalue weighted by Crippen LogP contribution is 2.39. The van der Waals surface area contributed by atoms with Gasteiger partial charge in [-0.1, -0.05) is 110 Å². The van der Waals surface area contributed by atoms with Gasteiger partial charge in [-0.3, -0.25) is 4.90 Å². The van der Waals surface area contributed by atoms with Crippen LogP contribution in [0.1, 0.15) is 74.1 Å². The van der Waals surface area contributed by atoms with Crippen LogP contribution in [-0.2, 0) is 5.41 Å². The molecule has 1 saturated carbocycles. The molecule has 2 N–H and O–H groups in total. The molecule has 0 bridgehead atoms. The fourth-order valence-electron chi connectivity index (χ4n) is 6.61. The Kier molecular flexibility index (Phi) is 9.45. The fourth-order valence-corrected chi connectivity index (χ4v) is 6.61. The first-order valence-corrected chi connectivity index (χ1v) is 14.7. The number of nitrogens with zero attached hydrogens (tertiary/aromatic N) is 1. The zero-order valence-corrected chi connectivity index (χ0v) is 22.5. The smallest absolute Gasteiger partial charge is 0.0601 e. The lowest BCUT2D eigenvalue weighted by Gasteiger charge is -2.45. The van der Waals surface area contributed by atoms with E-state index in [2.05, 4.69) is 107 Å². The SMILES string of the molecule is c1ccc(C(c2ccccc2)N2CCC(CNCCCNC3CCCCC3)(c3ccccc3)CC2)cc1. The van der Waals surface area contributed by atoms with Gasteiger partial charge in [0.1, 0.15) is 0 Å². The summed E-state index contributed by atoms with van der Waals surface area (Å²) in [6.45, 7) is 5.51. The Morgan fingerprint density at radius 1 is 0.703 bits per heavy atom. The molecule has 3 aromatic carbocycles. The third kappa shape index (κ3) is 6.90. The number of hydrogen-bond donors (Lipinski definition) is 2. The number of rotatable bonds is 11. The zero-order chi connectivity index (χ0) is 25.2. The van der Waals surface area contributed by atoms with Crippen LogP contribution in [0.2, 0.25) is 0 Å². The number of piperidine rings is 1. The normalized spacial score (nSPS) is 18.7. The molecule has 0 atom stereocenters. The summed E-state index contributed by atoms with van der Waals surface area (Å²) >= 11 is 0. The van der Waals surface area contributed by atoms with Gasteiger partial charge >= 0.3 is 0 Å². The molecule has 1 saturated heterocycles. The van der Waals surface area contributed by atoms with E-state index < -0.39 is 0 Å². The Hall–Kier alpha value is -2.46. The molecule has 0 unspecified atom stereocenters. The molecule has 0 radical (unpaired) electrons. The van der Waals surface area contributed by atoms with Gasteiger partial charge in [-0.2, -0.15) is 0 Å². The molecule has 2 aliphatic rings. The van der Waals surface area contributed by atoms with Gasteiger partial charge in [0.2, 0.25) is 0 Å². The van der Waals surface area contributed by atoms with Crippen LogP contribution in [0.25, 0.3) is 0 Å². The van der Waals surface area contributed by atoms with Crippen molar-refractivity contribution in [3.63, 3.8) is 0 Å². The van der Waals surface area contributed by atoms with E-state index in [0.29, 0.717) is 6.04 Å². The monoisotopic (exact) mass is 495 g/mol. The standard InChI is InChI=1S/C34H45N3/c1-5-14-29(15-6-1)33(30-16-7-2-8-17-30)37-26-22-34(23-27-37,31-18-9-3-10-19-31)28-35-24-13-25-36-32-20-11-4-12-21-32/h1-3,5-10,14-19,32-33,35-36H,4,11-13,20-28H2. The largest absolute Gasteiger partial charge is 0.316 e. The average molecular weight is 496 g/mol. The van der Waals surface area contributed by atoms with Gasteiger partial charge < -0.3 is 10.6 Å². The lowest BCUT2D eigenvalue weighted by Crippen LogP contribution is -2.49. The highest BCUT2D eigenvalue weighted by atomic mass is 15.2. The summed E-state index contributed by atoms with van der Waals surface area (Å²) in [7, 11) is 0. The summed E-state index contributed by atoms with van der Waals surface area (Å²) in [5, 5.41) is 7.69. The second kappa shape index (κ2) is 13.4. The van der Waals surface area contributed by atoms with Gasteiger partial charge in [-0.25, -0.2) is 0 Å². The van der Waals surface area contributed by atoms with Gasteiger partial charge in [0.25, 0.3) is 0 Å². The summed E-state index contributed by atoms with van der Waals surface area (Å²) in [6.07, 6.45) is 10.5. The Labute approximate surface area is 224 Å². The van der Waals surface area contributed by atoms with Crippen molar-refractivity contribution in [2.24, 2.45) is 0 Å². The topological polar surface area (TPSA) is 27.3 Å². The van der Waals surface area contributed by atoms with E-state index in [1.807, 2.05) is 0 Å². The van der Waals surface area contributed by atoms with E-state index >= 15 is 0 Å². The molecular weight excluding hydrogens is 450 g/mol. The van der Waals surface area contributed by atoms with Crippen LogP contribution in [0.3, 0.4) is 0 Å². The van der Waals surface area contributed by atoms with Gasteiger partial charge in [0.15, 0.2) is 0 Å². The Morgan fingerprint density at radius 2 is 1.27 bits per heavy atom. The molecule has 3 aromatic rings. The molecule has 37 heavy (non-hydrogen) atoms. The maximum Gasteiger partial charge on any atom is 0.0601 e. The number of nitrogens with one attached hydrogen (secondary N) is 2. The van der Waals surface area contributed by atoms with E-state index in [1.165, 1.54) is 68.1 Å². The van der Waals surface area contributed by atoms with Crippen molar-refractivity contribution in [2.75, 3.05) is 32.7 Å². The first-order chi connectivity index (χ1) is 18.3. The van der Waals surface area contributed by atoms with Gasteiger partial charge in [-0.15, -0.1) is 0 Å². The maximum atomic E-state index is 3.88. The zero-order valence-electron chi connectivity index (χ0n) is 22.5. The average Bonchev–Trinajstić information content (AvgIpc) is 2.98. The molecule has 3 heteroatoms. The third-order valence-corrected chi connectivity index (χ3v) is 8.77. The van der Waals surface area contributed by atoms with Gasteiger partial charge in [-0.05, 0) is 75.0 Å². The summed E-state index contributed by atoms with van der Waals surface area (Å²) in [5.74, 6) is 0. The molecule has 0 aromatic heterocycles. The molecule has 1 heterocycles. The van der Waals surface area contributed by atoms with Crippen LogP contribution < -0.4 is 10.6 Å². The molecule has 0 amide bonds. The van der Waals surface area contributed by atoms with E-state index in [9.17, 15) is 0 Å². The van der Waals surface area contributed by atoms with Crippen molar-refractivity contribution in [3.05, 3.63) is 108 Å². The third-order valence-electron chi connectivity index (χ3n) is 8.77. The summed E-state index contributed by atoms with van der Waals surface area (Å²) < 4.78 is 0. The minimum Gasteiger partial charge on any atom is -0.316 e. The van der Waals surface area contributed by atoms with Crippen molar-refractivity contribution in [2.45, 2.75) is 68.9 Å². The van der Waals surface area contributed by atoms with Crippen molar-refractivity contribution in [1.82, 2.24) is 15.5 Å². The summed E-state index contributed by atoms with van der Waals surface area (Å²) in [5.41, 5.74) is 4.49. The second-order valence-electron chi connectivity index (χ2n) is 11.2. The first-order valence-electron chi connectivity index (χ1n) is 14.7. The van der Waals surface area contributed by atoms with Crippen molar-refractivity contribution in [1.29, 1.82) is 0 Å². The van der Waals surface area contributed by atoms with Crippen molar-refractivity contribution < 1.29 is 0 Å². The predicted molar refractivity (Wildman–Crippen MR) is 156 cm³/mol. The Balaban J connectivity index is 1.22. The number of hydrogen-bond acceptors (Lipinski definition) is 3. The summed E-state index contributed by atoms with van der Waals surface area (Å²) in [6, 6.07) is 34.5. The predicted octanol–water partition coefficient (Wildman–Crippen LogP) is 6.71. The van der Waals surface area contributed by atoms with Crippen LogP contribution >= 0.6 is 0 Å². The molecule has 1 aliphatic carbocycles. The lowest BCUT2D eigenvalue weighted by atomic mass is 9.72. The number of benzene rings is 3. The molecule has 196 valence electrons. The van der Waals surface area contributed by atoms with Crippen LogP contribution in [0.5, 0.6) is 0 Å². The minimum atomic E-state index is 0.201. The lowest BCUT2D eigenvalue weighted by molar-refractivity contribution is 0.128. The fraction of sp³-hybridized carbons (Fsp3) is 0.471. The molecule has 1 aliphatic heterocycles. The second-order valence-corrected chi connectivity index (χ2v) is 11.2. The van der Waals surface area contributed by atoms with Crippen LogP contribution in [0.15, 0.2) is 91.0 Å². The quantitative estimate of drug-likeness (QED) is 0.289. The molecular formula is C34H45N3. The van der Waals surface area contributed by atoms with Crippen LogP contribution in [-0.4, -0.2) is 43.7 Å². The highest BCUT2D eigenvalue weighted by molar-refractivity contribution is 5.33. The minimum absolute atomic E-state index is 0.201. The summed E-state index contributed by atoms with van der Waals surface area (Å²) in [4.78, 5) is 2.71. The van der Waals surface area contributed by atoms with E-state index in [-0.39, 0.29) is 5.41 Å². The highest BCUT2D eigenvalue weighted by Gasteiger charge is 2.38. The molecule has 2 fully saturated rings. The van der Waals surface area contributed by atoms with Crippen molar-refractivity contribution >= 4 is 0 Å².